The van der Waals surface area contributed by atoms with Gasteiger partial charge in [0.2, 0.25) is 0 Å². The second-order valence-corrected chi connectivity index (χ2v) is 9.70. The zero-order valence-corrected chi connectivity index (χ0v) is 19.6. The number of carbonyl (C=O) groups excluding carboxylic acids is 2. The molecule has 9 heteroatoms. The van der Waals surface area contributed by atoms with Crippen molar-refractivity contribution in [3.8, 4) is 0 Å². The Morgan fingerprint density at radius 1 is 0.939 bits per heavy atom. The lowest BCUT2D eigenvalue weighted by atomic mass is 9.95. The van der Waals surface area contributed by atoms with Gasteiger partial charge in [0.05, 0.1) is 19.8 Å². The Hall–Kier alpha value is -2.68. The fourth-order valence-electron chi connectivity index (χ4n) is 5.02. The van der Waals surface area contributed by atoms with Crippen LogP contribution < -0.4 is 0 Å². The van der Waals surface area contributed by atoms with Gasteiger partial charge in [-0.1, -0.05) is 19.0 Å². The summed E-state index contributed by atoms with van der Waals surface area (Å²) in [4.78, 5) is 30.4. The number of aromatic nitrogens is 3. The van der Waals surface area contributed by atoms with Gasteiger partial charge in [0.1, 0.15) is 5.76 Å². The highest BCUT2D eigenvalue weighted by molar-refractivity contribution is 5.96. The van der Waals surface area contributed by atoms with Crippen LogP contribution in [0.5, 0.6) is 0 Å². The van der Waals surface area contributed by atoms with Crippen molar-refractivity contribution >= 4 is 11.8 Å². The number of nitrogens with zero attached hydrogens (tertiary/aromatic N) is 5. The van der Waals surface area contributed by atoms with E-state index < -0.39 is 0 Å². The van der Waals surface area contributed by atoms with Crippen molar-refractivity contribution in [2.75, 3.05) is 32.8 Å². The first kappa shape index (κ1) is 22.1. The molecule has 0 aromatic carbocycles. The van der Waals surface area contributed by atoms with Crippen LogP contribution >= 0.6 is 0 Å². The van der Waals surface area contributed by atoms with E-state index in [2.05, 4.69) is 19.0 Å². The van der Waals surface area contributed by atoms with Crippen molar-refractivity contribution in [3.05, 3.63) is 34.0 Å². The van der Waals surface area contributed by atoms with Crippen molar-refractivity contribution in [1.82, 2.24) is 24.7 Å². The molecule has 0 radical (unpaired) electrons. The molecule has 0 N–H and O–H groups in total. The van der Waals surface area contributed by atoms with E-state index in [0.29, 0.717) is 63.1 Å². The van der Waals surface area contributed by atoms with Crippen molar-refractivity contribution < 1.29 is 18.8 Å². The van der Waals surface area contributed by atoms with E-state index in [4.69, 9.17) is 14.4 Å². The SMILES string of the molecule is CC(C)CCn1nc(C(=O)N2CCOCC2)c2c1CCN(C(=O)c1noc3c1CCCC3)C2. The standard InChI is InChI=1S/C24H33N5O4/c1-16(2)7-10-29-19-8-9-28(24(31)22-17-5-3-4-6-20(17)33-26-22)15-18(19)21(25-29)23(30)27-11-13-32-14-12-27/h16H,3-15H2,1-2H3. The zero-order valence-electron chi connectivity index (χ0n) is 19.6. The molecule has 178 valence electrons. The van der Waals surface area contributed by atoms with E-state index >= 15 is 0 Å². The van der Waals surface area contributed by atoms with Gasteiger partial charge in [0.25, 0.3) is 11.8 Å². The molecule has 1 saturated heterocycles. The number of ether oxygens (including phenoxy) is 1. The number of fused-ring (bicyclic) bond motifs is 2. The van der Waals surface area contributed by atoms with Crippen LogP contribution in [0.3, 0.4) is 0 Å². The molecule has 0 unspecified atom stereocenters. The summed E-state index contributed by atoms with van der Waals surface area (Å²) in [7, 11) is 0. The lowest BCUT2D eigenvalue weighted by Gasteiger charge is -2.29. The Morgan fingerprint density at radius 3 is 2.48 bits per heavy atom. The largest absolute Gasteiger partial charge is 0.378 e. The first-order valence-electron chi connectivity index (χ1n) is 12.2. The van der Waals surface area contributed by atoms with E-state index in [1.807, 2.05) is 9.58 Å². The molecule has 0 saturated carbocycles. The molecule has 2 aromatic rings. The second kappa shape index (κ2) is 9.29. The van der Waals surface area contributed by atoms with Crippen molar-refractivity contribution in [1.29, 1.82) is 0 Å². The summed E-state index contributed by atoms with van der Waals surface area (Å²) in [5, 5.41) is 8.92. The van der Waals surface area contributed by atoms with Crippen LogP contribution in [0.1, 0.15) is 76.7 Å². The summed E-state index contributed by atoms with van der Waals surface area (Å²) < 4.78 is 12.9. The van der Waals surface area contributed by atoms with E-state index in [0.717, 1.165) is 61.2 Å². The lowest BCUT2D eigenvalue weighted by Crippen LogP contribution is -2.42. The van der Waals surface area contributed by atoms with E-state index in [9.17, 15) is 9.59 Å². The minimum Gasteiger partial charge on any atom is -0.378 e. The lowest BCUT2D eigenvalue weighted by molar-refractivity contribution is 0.0296. The van der Waals surface area contributed by atoms with Crippen LogP contribution in [0.4, 0.5) is 0 Å². The second-order valence-electron chi connectivity index (χ2n) is 9.70. The quantitative estimate of drug-likeness (QED) is 0.688. The normalized spacial score (nSPS) is 18.4. The molecule has 0 atom stereocenters. The third-order valence-corrected chi connectivity index (χ3v) is 6.99. The van der Waals surface area contributed by atoms with Crippen LogP contribution in [-0.4, -0.2) is 69.4 Å². The van der Waals surface area contributed by atoms with Crippen molar-refractivity contribution in [2.24, 2.45) is 5.92 Å². The Bertz CT molecular complexity index is 1030. The maximum absolute atomic E-state index is 13.4. The summed E-state index contributed by atoms with van der Waals surface area (Å²) in [6.45, 7) is 8.35. The Labute approximate surface area is 194 Å². The monoisotopic (exact) mass is 455 g/mol. The molecule has 2 aromatic heterocycles. The van der Waals surface area contributed by atoms with Gasteiger partial charge in [-0.05, 0) is 31.6 Å². The van der Waals surface area contributed by atoms with E-state index in [1.54, 1.807) is 4.90 Å². The fourth-order valence-corrected chi connectivity index (χ4v) is 5.02. The molecule has 4 heterocycles. The zero-order chi connectivity index (χ0) is 22.9. The van der Waals surface area contributed by atoms with Gasteiger partial charge >= 0.3 is 0 Å². The Morgan fingerprint density at radius 2 is 1.70 bits per heavy atom. The maximum atomic E-state index is 13.4. The molecule has 0 spiro atoms. The summed E-state index contributed by atoms with van der Waals surface area (Å²) in [6.07, 6.45) is 5.49. The first-order valence-corrected chi connectivity index (χ1v) is 12.2. The topological polar surface area (TPSA) is 93.7 Å². The predicted octanol–water partition coefficient (Wildman–Crippen LogP) is 2.47. The average molecular weight is 456 g/mol. The highest BCUT2D eigenvalue weighted by Crippen LogP contribution is 2.29. The van der Waals surface area contributed by atoms with Gasteiger partial charge in [-0.3, -0.25) is 14.3 Å². The molecule has 9 nitrogen and oxygen atoms in total. The van der Waals surface area contributed by atoms with E-state index in [1.165, 1.54) is 0 Å². The van der Waals surface area contributed by atoms with Gasteiger partial charge in [0, 0.05) is 55.8 Å². The van der Waals surface area contributed by atoms with Crippen LogP contribution in [0, 0.1) is 5.92 Å². The highest BCUT2D eigenvalue weighted by atomic mass is 16.5. The van der Waals surface area contributed by atoms with Gasteiger partial charge in [-0.25, -0.2) is 0 Å². The Kier molecular flexibility index (Phi) is 6.23. The van der Waals surface area contributed by atoms with Gasteiger partial charge in [-0.15, -0.1) is 0 Å². The van der Waals surface area contributed by atoms with Gasteiger partial charge in [-0.2, -0.15) is 5.10 Å². The molecule has 2 amide bonds. The molecule has 1 aliphatic carbocycles. The van der Waals surface area contributed by atoms with E-state index in [-0.39, 0.29) is 11.8 Å². The number of carbonyl (C=O) groups is 2. The molecule has 1 fully saturated rings. The Balaban J connectivity index is 1.43. The first-order chi connectivity index (χ1) is 16.0. The molecule has 2 aliphatic heterocycles. The van der Waals surface area contributed by atoms with Crippen molar-refractivity contribution in [2.45, 2.75) is 65.5 Å². The number of amides is 2. The summed E-state index contributed by atoms with van der Waals surface area (Å²) in [5.41, 5.74) is 3.86. The summed E-state index contributed by atoms with van der Waals surface area (Å²) in [6, 6.07) is 0. The molecule has 5 rings (SSSR count). The van der Waals surface area contributed by atoms with Crippen LogP contribution in [0.25, 0.3) is 0 Å². The average Bonchev–Trinajstić information content (AvgIpc) is 3.44. The number of morpholine rings is 1. The number of rotatable bonds is 5. The summed E-state index contributed by atoms with van der Waals surface area (Å²) >= 11 is 0. The molecule has 3 aliphatic rings. The number of aryl methyl sites for hydroxylation is 2. The van der Waals surface area contributed by atoms with Crippen molar-refractivity contribution in [3.63, 3.8) is 0 Å². The minimum atomic E-state index is -0.104. The fraction of sp³-hybridized carbons (Fsp3) is 0.667. The van der Waals surface area contributed by atoms with Crippen LogP contribution in [0.15, 0.2) is 4.52 Å². The maximum Gasteiger partial charge on any atom is 0.276 e. The predicted molar refractivity (Wildman–Crippen MR) is 120 cm³/mol. The summed E-state index contributed by atoms with van der Waals surface area (Å²) in [5.74, 6) is 1.23. The smallest absolute Gasteiger partial charge is 0.276 e. The third kappa shape index (κ3) is 4.30. The molecule has 0 bridgehead atoms. The third-order valence-electron chi connectivity index (χ3n) is 6.99. The van der Waals surface area contributed by atoms with Gasteiger partial charge in [0.15, 0.2) is 11.4 Å². The van der Waals surface area contributed by atoms with Crippen LogP contribution in [0.2, 0.25) is 0 Å². The number of hydrogen-bond donors (Lipinski definition) is 0. The molecular formula is C24H33N5O4. The number of hydrogen-bond acceptors (Lipinski definition) is 6. The van der Waals surface area contributed by atoms with Crippen LogP contribution in [-0.2, 0) is 37.1 Å². The highest BCUT2D eigenvalue weighted by Gasteiger charge is 2.34. The molecular weight excluding hydrogens is 422 g/mol. The minimum absolute atomic E-state index is 0.0639. The van der Waals surface area contributed by atoms with Gasteiger partial charge < -0.3 is 19.1 Å². The molecule has 33 heavy (non-hydrogen) atoms.